The fourth-order valence-electron chi connectivity index (χ4n) is 1.24. The highest BCUT2D eigenvalue weighted by Crippen LogP contribution is 2.13. The van der Waals surface area contributed by atoms with Crippen molar-refractivity contribution >= 4 is 6.08 Å². The minimum Gasteiger partial charge on any atom is -0.0814 e. The Kier molecular flexibility index (Phi) is 3.30. The first kappa shape index (κ1) is 10.0. The van der Waals surface area contributed by atoms with E-state index in [0.29, 0.717) is 5.92 Å². The SMILES string of the molecule is Cc1ccc(C)c(C=CC(C)C)c1. The van der Waals surface area contributed by atoms with Gasteiger partial charge in [-0.25, -0.2) is 0 Å². The molecular weight excluding hydrogens is 156 g/mol. The van der Waals surface area contributed by atoms with Gasteiger partial charge in [-0.15, -0.1) is 0 Å². The molecule has 0 heterocycles. The Hall–Kier alpha value is -1.04. The standard InChI is InChI=1S/C13H18/c1-10(2)5-8-13-9-11(3)6-7-12(13)4/h5-10H,1-4H3. The van der Waals surface area contributed by atoms with Gasteiger partial charge in [0, 0.05) is 0 Å². The summed E-state index contributed by atoms with van der Waals surface area (Å²) in [5.74, 6) is 0.625. The van der Waals surface area contributed by atoms with Crippen LogP contribution in [0.25, 0.3) is 6.08 Å². The van der Waals surface area contributed by atoms with Crippen LogP contribution in [-0.2, 0) is 0 Å². The smallest absolute Gasteiger partial charge is 0.0228 e. The van der Waals surface area contributed by atoms with E-state index in [1.807, 2.05) is 0 Å². The van der Waals surface area contributed by atoms with Crippen molar-refractivity contribution in [3.8, 4) is 0 Å². The Morgan fingerprint density at radius 3 is 2.46 bits per heavy atom. The molecule has 0 saturated heterocycles. The number of benzene rings is 1. The van der Waals surface area contributed by atoms with Gasteiger partial charge in [0.05, 0.1) is 0 Å². The highest BCUT2D eigenvalue weighted by molar-refractivity contribution is 5.54. The molecular formula is C13H18. The summed E-state index contributed by atoms with van der Waals surface area (Å²) >= 11 is 0. The lowest BCUT2D eigenvalue weighted by atomic mass is 10.0. The third kappa shape index (κ3) is 3.06. The van der Waals surface area contributed by atoms with Gasteiger partial charge >= 0.3 is 0 Å². The van der Waals surface area contributed by atoms with Crippen molar-refractivity contribution in [1.82, 2.24) is 0 Å². The van der Waals surface area contributed by atoms with Gasteiger partial charge in [0.15, 0.2) is 0 Å². The van der Waals surface area contributed by atoms with E-state index in [4.69, 9.17) is 0 Å². The number of allylic oxidation sites excluding steroid dienone is 1. The molecule has 1 rings (SSSR count). The van der Waals surface area contributed by atoms with Gasteiger partial charge in [0.2, 0.25) is 0 Å². The molecule has 0 unspecified atom stereocenters. The van der Waals surface area contributed by atoms with E-state index in [9.17, 15) is 0 Å². The van der Waals surface area contributed by atoms with Gasteiger partial charge in [0.25, 0.3) is 0 Å². The van der Waals surface area contributed by atoms with Crippen LogP contribution in [0.15, 0.2) is 24.3 Å². The quantitative estimate of drug-likeness (QED) is 0.636. The van der Waals surface area contributed by atoms with Crippen LogP contribution in [0.1, 0.15) is 30.5 Å². The zero-order chi connectivity index (χ0) is 9.84. The molecule has 0 nitrogen and oxygen atoms in total. The molecule has 0 heteroatoms. The van der Waals surface area contributed by atoms with Crippen LogP contribution in [0.5, 0.6) is 0 Å². The monoisotopic (exact) mass is 174 g/mol. The Morgan fingerprint density at radius 2 is 1.85 bits per heavy atom. The molecule has 0 atom stereocenters. The summed E-state index contributed by atoms with van der Waals surface area (Å²) in [4.78, 5) is 0. The molecule has 1 aromatic rings. The van der Waals surface area contributed by atoms with Crippen molar-refractivity contribution in [3.05, 3.63) is 41.0 Å². The summed E-state index contributed by atoms with van der Waals surface area (Å²) < 4.78 is 0. The van der Waals surface area contributed by atoms with Gasteiger partial charge in [-0.1, -0.05) is 49.8 Å². The zero-order valence-electron chi connectivity index (χ0n) is 8.96. The van der Waals surface area contributed by atoms with Crippen LogP contribution < -0.4 is 0 Å². The summed E-state index contributed by atoms with van der Waals surface area (Å²) in [5, 5.41) is 0. The molecule has 0 amide bonds. The summed E-state index contributed by atoms with van der Waals surface area (Å²) in [6.07, 6.45) is 4.45. The largest absolute Gasteiger partial charge is 0.0814 e. The first-order chi connectivity index (χ1) is 6.09. The van der Waals surface area contributed by atoms with E-state index in [0.717, 1.165) is 0 Å². The summed E-state index contributed by atoms with van der Waals surface area (Å²) in [5.41, 5.74) is 4.02. The minimum atomic E-state index is 0.625. The Morgan fingerprint density at radius 1 is 1.15 bits per heavy atom. The second-order valence-electron chi connectivity index (χ2n) is 3.96. The van der Waals surface area contributed by atoms with Crippen molar-refractivity contribution in [2.45, 2.75) is 27.7 Å². The lowest BCUT2D eigenvalue weighted by Crippen LogP contribution is -1.83. The maximum Gasteiger partial charge on any atom is -0.0228 e. The third-order valence-corrected chi connectivity index (χ3v) is 2.10. The fourth-order valence-corrected chi connectivity index (χ4v) is 1.24. The lowest BCUT2D eigenvalue weighted by Gasteiger charge is -2.02. The van der Waals surface area contributed by atoms with Crippen molar-refractivity contribution in [2.24, 2.45) is 5.92 Å². The van der Waals surface area contributed by atoms with Crippen LogP contribution in [-0.4, -0.2) is 0 Å². The van der Waals surface area contributed by atoms with Crippen molar-refractivity contribution in [1.29, 1.82) is 0 Å². The third-order valence-electron chi connectivity index (χ3n) is 2.10. The van der Waals surface area contributed by atoms with E-state index >= 15 is 0 Å². The van der Waals surface area contributed by atoms with Crippen LogP contribution >= 0.6 is 0 Å². The average molecular weight is 174 g/mol. The van der Waals surface area contributed by atoms with E-state index < -0.39 is 0 Å². The molecule has 0 radical (unpaired) electrons. The second kappa shape index (κ2) is 4.27. The minimum absolute atomic E-state index is 0.625. The first-order valence-electron chi connectivity index (χ1n) is 4.85. The van der Waals surface area contributed by atoms with E-state index in [1.165, 1.54) is 16.7 Å². The predicted octanol–water partition coefficient (Wildman–Crippen LogP) is 3.97. The average Bonchev–Trinajstić information content (AvgIpc) is 2.06. The van der Waals surface area contributed by atoms with Gasteiger partial charge in [-0.2, -0.15) is 0 Å². The molecule has 0 aliphatic carbocycles. The van der Waals surface area contributed by atoms with Gasteiger partial charge < -0.3 is 0 Å². The molecule has 0 aromatic heterocycles. The highest BCUT2D eigenvalue weighted by Gasteiger charge is 1.94. The predicted molar refractivity (Wildman–Crippen MR) is 59.8 cm³/mol. The molecule has 1 aromatic carbocycles. The van der Waals surface area contributed by atoms with Crippen LogP contribution in [0.3, 0.4) is 0 Å². The second-order valence-corrected chi connectivity index (χ2v) is 3.96. The van der Waals surface area contributed by atoms with Crippen molar-refractivity contribution in [2.75, 3.05) is 0 Å². The first-order valence-corrected chi connectivity index (χ1v) is 4.85. The Bertz CT molecular complexity index is 306. The van der Waals surface area contributed by atoms with Gasteiger partial charge in [0.1, 0.15) is 0 Å². The van der Waals surface area contributed by atoms with E-state index in [1.54, 1.807) is 0 Å². The molecule has 13 heavy (non-hydrogen) atoms. The lowest BCUT2D eigenvalue weighted by molar-refractivity contribution is 0.836. The fraction of sp³-hybridized carbons (Fsp3) is 0.385. The van der Waals surface area contributed by atoms with Crippen LogP contribution in [0.4, 0.5) is 0 Å². The van der Waals surface area contributed by atoms with Crippen molar-refractivity contribution < 1.29 is 0 Å². The van der Waals surface area contributed by atoms with E-state index in [2.05, 4.69) is 58.0 Å². The van der Waals surface area contributed by atoms with Crippen LogP contribution in [0.2, 0.25) is 0 Å². The molecule has 70 valence electrons. The molecule has 0 bridgehead atoms. The maximum absolute atomic E-state index is 2.24. The maximum atomic E-state index is 2.24. The molecule has 0 fully saturated rings. The molecule has 0 N–H and O–H groups in total. The molecule has 0 aliphatic rings. The normalized spacial score (nSPS) is 11.5. The van der Waals surface area contributed by atoms with Gasteiger partial charge in [-0.05, 0) is 30.9 Å². The zero-order valence-corrected chi connectivity index (χ0v) is 8.96. The van der Waals surface area contributed by atoms with Crippen LogP contribution in [0, 0.1) is 19.8 Å². The molecule has 0 spiro atoms. The molecule has 0 aliphatic heterocycles. The number of rotatable bonds is 2. The topological polar surface area (TPSA) is 0 Å². The number of aryl methyl sites for hydroxylation is 2. The Labute approximate surface area is 81.3 Å². The number of hydrogen-bond acceptors (Lipinski definition) is 0. The number of hydrogen-bond donors (Lipinski definition) is 0. The van der Waals surface area contributed by atoms with E-state index in [-0.39, 0.29) is 0 Å². The summed E-state index contributed by atoms with van der Waals surface area (Å²) in [7, 11) is 0. The van der Waals surface area contributed by atoms with Gasteiger partial charge in [-0.3, -0.25) is 0 Å². The Balaban J connectivity index is 2.93. The highest BCUT2D eigenvalue weighted by atomic mass is 14.0. The van der Waals surface area contributed by atoms with Crippen molar-refractivity contribution in [3.63, 3.8) is 0 Å². The summed E-state index contributed by atoms with van der Waals surface area (Å²) in [6, 6.07) is 6.56. The molecule has 0 saturated carbocycles. The summed E-state index contributed by atoms with van der Waals surface area (Å²) in [6.45, 7) is 8.68.